The van der Waals surface area contributed by atoms with Gasteiger partial charge in [-0.1, -0.05) is 0 Å². The lowest BCUT2D eigenvalue weighted by Crippen LogP contribution is -2.38. The molecule has 1 saturated heterocycles. The van der Waals surface area contributed by atoms with Crippen LogP contribution in [0.2, 0.25) is 0 Å². The fourth-order valence-corrected chi connectivity index (χ4v) is 2.35. The standard InChI is InChI=1S/C12H22N2O2/c1-16-7-6-12(4-5-12)9-13-8-10-2-3-11(15)14-10/h10,13H,2-9H2,1H3,(H,14,15). The van der Waals surface area contributed by atoms with Gasteiger partial charge < -0.3 is 15.4 Å². The number of hydrogen-bond acceptors (Lipinski definition) is 3. The molecule has 0 aromatic rings. The SMILES string of the molecule is COCCC1(CNCC2CCC(=O)N2)CC1. The second kappa shape index (κ2) is 5.15. The molecule has 4 nitrogen and oxygen atoms in total. The molecule has 1 atom stereocenters. The minimum absolute atomic E-state index is 0.201. The molecule has 1 heterocycles. The van der Waals surface area contributed by atoms with Crippen molar-refractivity contribution in [1.29, 1.82) is 0 Å². The van der Waals surface area contributed by atoms with Crippen molar-refractivity contribution in [3.63, 3.8) is 0 Å². The maximum atomic E-state index is 11.0. The van der Waals surface area contributed by atoms with Crippen LogP contribution in [-0.2, 0) is 9.53 Å². The molecule has 16 heavy (non-hydrogen) atoms. The van der Waals surface area contributed by atoms with Crippen LogP contribution in [0.3, 0.4) is 0 Å². The fourth-order valence-electron chi connectivity index (χ4n) is 2.35. The summed E-state index contributed by atoms with van der Waals surface area (Å²) in [7, 11) is 1.76. The second-order valence-electron chi connectivity index (χ2n) is 5.18. The molecule has 2 aliphatic rings. The van der Waals surface area contributed by atoms with Gasteiger partial charge in [0.1, 0.15) is 0 Å². The molecule has 1 saturated carbocycles. The second-order valence-corrected chi connectivity index (χ2v) is 5.18. The Morgan fingerprint density at radius 1 is 1.56 bits per heavy atom. The summed E-state index contributed by atoms with van der Waals surface area (Å²) in [5.74, 6) is 0.201. The molecular weight excluding hydrogens is 204 g/mol. The molecule has 92 valence electrons. The zero-order valence-corrected chi connectivity index (χ0v) is 10.1. The third kappa shape index (κ3) is 3.19. The Labute approximate surface area is 97.1 Å². The minimum Gasteiger partial charge on any atom is -0.385 e. The Balaban J connectivity index is 1.59. The van der Waals surface area contributed by atoms with Crippen LogP contribution < -0.4 is 10.6 Å². The van der Waals surface area contributed by atoms with Gasteiger partial charge in [0.15, 0.2) is 0 Å². The summed E-state index contributed by atoms with van der Waals surface area (Å²) in [6.07, 6.45) is 5.48. The van der Waals surface area contributed by atoms with E-state index in [0.29, 0.717) is 17.9 Å². The first-order valence-corrected chi connectivity index (χ1v) is 6.23. The van der Waals surface area contributed by atoms with Crippen LogP contribution in [0.15, 0.2) is 0 Å². The van der Waals surface area contributed by atoms with Crippen molar-refractivity contribution < 1.29 is 9.53 Å². The zero-order valence-electron chi connectivity index (χ0n) is 10.1. The molecule has 0 spiro atoms. The maximum Gasteiger partial charge on any atom is 0.220 e. The van der Waals surface area contributed by atoms with Crippen molar-refractivity contribution >= 4 is 5.91 Å². The van der Waals surface area contributed by atoms with E-state index in [0.717, 1.165) is 32.5 Å². The quantitative estimate of drug-likeness (QED) is 0.671. The van der Waals surface area contributed by atoms with Gasteiger partial charge in [0.25, 0.3) is 0 Å². The molecule has 0 bridgehead atoms. The van der Waals surface area contributed by atoms with Crippen LogP contribution in [0.4, 0.5) is 0 Å². The van der Waals surface area contributed by atoms with Gasteiger partial charge >= 0.3 is 0 Å². The summed E-state index contributed by atoms with van der Waals surface area (Å²) in [6.45, 7) is 2.85. The van der Waals surface area contributed by atoms with Gasteiger partial charge in [-0.3, -0.25) is 4.79 Å². The van der Waals surface area contributed by atoms with Crippen LogP contribution >= 0.6 is 0 Å². The van der Waals surface area contributed by atoms with Gasteiger partial charge in [-0.25, -0.2) is 0 Å². The number of rotatable bonds is 7. The molecule has 1 aliphatic heterocycles. The van der Waals surface area contributed by atoms with Crippen LogP contribution in [0.1, 0.15) is 32.1 Å². The van der Waals surface area contributed by atoms with E-state index >= 15 is 0 Å². The lowest BCUT2D eigenvalue weighted by Gasteiger charge is -2.17. The summed E-state index contributed by atoms with van der Waals surface area (Å²) in [4.78, 5) is 11.0. The monoisotopic (exact) mass is 226 g/mol. The van der Waals surface area contributed by atoms with E-state index in [-0.39, 0.29) is 5.91 Å². The van der Waals surface area contributed by atoms with Crippen molar-refractivity contribution in [2.75, 3.05) is 26.8 Å². The van der Waals surface area contributed by atoms with E-state index in [4.69, 9.17) is 4.74 Å². The smallest absolute Gasteiger partial charge is 0.220 e. The number of ether oxygens (including phenoxy) is 1. The number of amides is 1. The van der Waals surface area contributed by atoms with Crippen LogP contribution in [0.25, 0.3) is 0 Å². The van der Waals surface area contributed by atoms with Crippen molar-refractivity contribution in [2.45, 2.75) is 38.1 Å². The molecule has 1 amide bonds. The van der Waals surface area contributed by atoms with Crippen LogP contribution in [0.5, 0.6) is 0 Å². The molecule has 4 heteroatoms. The summed E-state index contributed by atoms with van der Waals surface area (Å²) in [5.41, 5.74) is 0.499. The molecular formula is C12H22N2O2. The number of nitrogens with one attached hydrogen (secondary N) is 2. The van der Waals surface area contributed by atoms with Gasteiger partial charge in [-0.15, -0.1) is 0 Å². The van der Waals surface area contributed by atoms with Crippen LogP contribution in [-0.4, -0.2) is 38.8 Å². The average molecular weight is 226 g/mol. The van der Waals surface area contributed by atoms with Gasteiger partial charge in [0.2, 0.25) is 5.91 Å². The maximum absolute atomic E-state index is 11.0. The molecule has 0 radical (unpaired) electrons. The van der Waals surface area contributed by atoms with E-state index in [9.17, 15) is 4.79 Å². The topological polar surface area (TPSA) is 50.4 Å². The summed E-state index contributed by atoms with van der Waals surface area (Å²) < 4.78 is 5.13. The third-order valence-corrected chi connectivity index (χ3v) is 3.77. The number of carbonyl (C=O) groups is 1. The van der Waals surface area contributed by atoms with Crippen LogP contribution in [0, 0.1) is 5.41 Å². The lowest BCUT2D eigenvalue weighted by atomic mass is 10.0. The highest BCUT2D eigenvalue weighted by atomic mass is 16.5. The summed E-state index contributed by atoms with van der Waals surface area (Å²) in [6, 6.07) is 0.353. The predicted molar refractivity (Wildman–Crippen MR) is 62.2 cm³/mol. The highest BCUT2D eigenvalue weighted by molar-refractivity contribution is 5.78. The lowest BCUT2D eigenvalue weighted by molar-refractivity contribution is -0.119. The molecule has 1 unspecified atom stereocenters. The Morgan fingerprint density at radius 2 is 2.38 bits per heavy atom. The van der Waals surface area contributed by atoms with Crippen molar-refractivity contribution in [1.82, 2.24) is 10.6 Å². The van der Waals surface area contributed by atoms with Gasteiger partial charge in [0.05, 0.1) is 0 Å². The normalized spacial score (nSPS) is 26.8. The predicted octanol–water partition coefficient (Wildman–Crippen LogP) is 0.671. The molecule has 2 fully saturated rings. The third-order valence-electron chi connectivity index (χ3n) is 3.77. The fraction of sp³-hybridized carbons (Fsp3) is 0.917. The first kappa shape index (κ1) is 11.9. The Kier molecular flexibility index (Phi) is 3.82. The van der Waals surface area contributed by atoms with Crippen molar-refractivity contribution in [3.05, 3.63) is 0 Å². The van der Waals surface area contributed by atoms with E-state index in [1.807, 2.05) is 0 Å². The van der Waals surface area contributed by atoms with Gasteiger partial charge in [-0.05, 0) is 31.1 Å². The van der Waals surface area contributed by atoms with Gasteiger partial charge in [0, 0.05) is 39.3 Å². The largest absolute Gasteiger partial charge is 0.385 e. The molecule has 1 aliphatic carbocycles. The van der Waals surface area contributed by atoms with E-state index < -0.39 is 0 Å². The highest BCUT2D eigenvalue weighted by Crippen LogP contribution is 2.48. The Morgan fingerprint density at radius 3 is 2.94 bits per heavy atom. The number of hydrogen-bond donors (Lipinski definition) is 2. The molecule has 0 aromatic heterocycles. The van der Waals surface area contributed by atoms with E-state index in [1.54, 1.807) is 7.11 Å². The Bertz CT molecular complexity index is 251. The number of methoxy groups -OCH3 is 1. The molecule has 2 rings (SSSR count). The first-order valence-electron chi connectivity index (χ1n) is 6.23. The highest BCUT2D eigenvalue weighted by Gasteiger charge is 2.41. The van der Waals surface area contributed by atoms with Crippen molar-refractivity contribution in [3.8, 4) is 0 Å². The average Bonchev–Trinajstić information content (AvgIpc) is 2.92. The van der Waals surface area contributed by atoms with E-state index in [2.05, 4.69) is 10.6 Å². The number of carbonyl (C=O) groups excluding carboxylic acids is 1. The molecule has 2 N–H and O–H groups in total. The summed E-state index contributed by atoms with van der Waals surface area (Å²) >= 11 is 0. The summed E-state index contributed by atoms with van der Waals surface area (Å²) in [5, 5.41) is 6.47. The van der Waals surface area contributed by atoms with Crippen molar-refractivity contribution in [2.24, 2.45) is 5.41 Å². The van der Waals surface area contributed by atoms with Gasteiger partial charge in [-0.2, -0.15) is 0 Å². The Hall–Kier alpha value is -0.610. The molecule has 0 aromatic carbocycles. The first-order chi connectivity index (χ1) is 7.74. The van der Waals surface area contributed by atoms with E-state index in [1.165, 1.54) is 12.8 Å². The zero-order chi connectivity index (χ0) is 11.4. The minimum atomic E-state index is 0.201.